The van der Waals surface area contributed by atoms with Crippen LogP contribution < -0.4 is 19.5 Å². The molecule has 0 saturated heterocycles. The highest BCUT2D eigenvalue weighted by molar-refractivity contribution is 6.22. The Labute approximate surface area is 210 Å². The van der Waals surface area contributed by atoms with Gasteiger partial charge in [0.1, 0.15) is 0 Å². The monoisotopic (exact) mass is 487 g/mol. The third-order valence-corrected chi connectivity index (χ3v) is 5.80. The van der Waals surface area contributed by atoms with Gasteiger partial charge in [-0.15, -0.1) is 0 Å². The van der Waals surface area contributed by atoms with Gasteiger partial charge in [0.2, 0.25) is 5.75 Å². The zero-order valence-corrected chi connectivity index (χ0v) is 20.6. The van der Waals surface area contributed by atoms with Gasteiger partial charge in [-0.25, -0.2) is 4.79 Å². The van der Waals surface area contributed by atoms with E-state index in [-0.39, 0.29) is 18.6 Å². The van der Waals surface area contributed by atoms with Crippen molar-refractivity contribution in [1.82, 2.24) is 5.32 Å². The quantitative estimate of drug-likeness (QED) is 0.253. The molecule has 0 aliphatic heterocycles. The van der Waals surface area contributed by atoms with Gasteiger partial charge in [-0.05, 0) is 53.3 Å². The van der Waals surface area contributed by atoms with Crippen LogP contribution >= 0.6 is 0 Å². The molecular weight excluding hydrogens is 458 g/mol. The molecular formula is C29H29NO6. The first-order valence-corrected chi connectivity index (χ1v) is 11.7. The number of carbonyl (C=O) groups is 2. The summed E-state index contributed by atoms with van der Waals surface area (Å²) in [5, 5.41) is 2.82. The summed E-state index contributed by atoms with van der Waals surface area (Å²) in [6.07, 6.45) is 3.60. The number of esters is 1. The van der Waals surface area contributed by atoms with Crippen LogP contribution in [0.2, 0.25) is 0 Å². The predicted molar refractivity (Wildman–Crippen MR) is 138 cm³/mol. The van der Waals surface area contributed by atoms with Gasteiger partial charge in [-0.3, -0.25) is 4.79 Å². The summed E-state index contributed by atoms with van der Waals surface area (Å²) in [7, 11) is 4.58. The molecule has 1 aliphatic rings. The minimum Gasteiger partial charge on any atom is -0.493 e. The molecule has 1 saturated carbocycles. The van der Waals surface area contributed by atoms with E-state index in [1.54, 1.807) is 18.2 Å². The van der Waals surface area contributed by atoms with Crippen LogP contribution in [0.5, 0.6) is 17.2 Å². The number of hydrogen-bond acceptors (Lipinski definition) is 6. The number of amides is 1. The molecule has 0 spiro atoms. The van der Waals surface area contributed by atoms with Crippen molar-refractivity contribution in [2.24, 2.45) is 0 Å². The average Bonchev–Trinajstić information content (AvgIpc) is 3.74. The van der Waals surface area contributed by atoms with Crippen molar-refractivity contribution in [2.45, 2.75) is 18.9 Å². The fourth-order valence-corrected chi connectivity index (χ4v) is 3.79. The van der Waals surface area contributed by atoms with Crippen molar-refractivity contribution in [1.29, 1.82) is 0 Å². The standard InChI is InChI=1S/C29H29NO6/c1-33-25-16-19(17-26(34-2)28(25)35-3)15-24(29(32)36-18-27(31)30-23-13-14-23)22-11-9-21(10-12-22)20-7-5-4-6-8-20/h4-12,15-17,23H,13-14,18H2,1-3H3,(H,30,31)/b24-15+. The first-order chi connectivity index (χ1) is 17.5. The van der Waals surface area contributed by atoms with E-state index >= 15 is 0 Å². The molecule has 0 heterocycles. The highest BCUT2D eigenvalue weighted by Gasteiger charge is 2.24. The molecule has 4 rings (SSSR count). The molecule has 1 amide bonds. The summed E-state index contributed by atoms with van der Waals surface area (Å²) < 4.78 is 21.7. The molecule has 0 unspecified atom stereocenters. The highest BCUT2D eigenvalue weighted by atomic mass is 16.5. The molecule has 7 nitrogen and oxygen atoms in total. The van der Waals surface area contributed by atoms with Crippen LogP contribution in [0.1, 0.15) is 24.0 Å². The van der Waals surface area contributed by atoms with Crippen LogP contribution in [-0.2, 0) is 14.3 Å². The summed E-state index contributed by atoms with van der Waals surface area (Å²) in [4.78, 5) is 25.3. The maximum Gasteiger partial charge on any atom is 0.339 e. The Morgan fingerprint density at radius 1 is 0.861 bits per heavy atom. The van der Waals surface area contributed by atoms with Gasteiger partial charge in [0.05, 0.1) is 26.9 Å². The lowest BCUT2D eigenvalue weighted by atomic mass is 9.98. The van der Waals surface area contributed by atoms with E-state index in [0.29, 0.717) is 33.9 Å². The van der Waals surface area contributed by atoms with Crippen molar-refractivity contribution in [3.63, 3.8) is 0 Å². The van der Waals surface area contributed by atoms with Crippen molar-refractivity contribution >= 4 is 23.5 Å². The SMILES string of the molecule is COc1cc(/C=C(/C(=O)OCC(=O)NC2CC2)c2ccc(-c3ccccc3)cc2)cc(OC)c1OC. The van der Waals surface area contributed by atoms with Gasteiger partial charge < -0.3 is 24.3 Å². The van der Waals surface area contributed by atoms with Crippen molar-refractivity contribution < 1.29 is 28.5 Å². The lowest BCUT2D eigenvalue weighted by molar-refractivity contribution is -0.142. The molecule has 0 radical (unpaired) electrons. The largest absolute Gasteiger partial charge is 0.493 e. The summed E-state index contributed by atoms with van der Waals surface area (Å²) >= 11 is 0. The number of hydrogen-bond donors (Lipinski definition) is 1. The number of carbonyl (C=O) groups excluding carboxylic acids is 2. The van der Waals surface area contributed by atoms with E-state index in [1.165, 1.54) is 21.3 Å². The van der Waals surface area contributed by atoms with E-state index in [4.69, 9.17) is 18.9 Å². The predicted octanol–water partition coefficient (Wildman–Crippen LogP) is 4.74. The second kappa shape index (κ2) is 11.4. The molecule has 186 valence electrons. The Kier molecular flexibility index (Phi) is 7.90. The zero-order valence-electron chi connectivity index (χ0n) is 20.6. The number of methoxy groups -OCH3 is 3. The fraction of sp³-hybridized carbons (Fsp3) is 0.241. The second-order valence-corrected chi connectivity index (χ2v) is 8.38. The average molecular weight is 488 g/mol. The lowest BCUT2D eigenvalue weighted by Crippen LogP contribution is -2.30. The van der Waals surface area contributed by atoms with Crippen molar-refractivity contribution in [2.75, 3.05) is 27.9 Å². The van der Waals surface area contributed by atoms with E-state index in [9.17, 15) is 9.59 Å². The van der Waals surface area contributed by atoms with Crippen LogP contribution in [0, 0.1) is 0 Å². The number of ether oxygens (including phenoxy) is 4. The molecule has 36 heavy (non-hydrogen) atoms. The van der Waals surface area contributed by atoms with Gasteiger partial charge in [0, 0.05) is 6.04 Å². The normalized spacial score (nSPS) is 13.0. The van der Waals surface area contributed by atoms with Crippen LogP contribution in [0.3, 0.4) is 0 Å². The smallest absolute Gasteiger partial charge is 0.339 e. The molecule has 0 atom stereocenters. The molecule has 1 aliphatic carbocycles. The van der Waals surface area contributed by atoms with Gasteiger partial charge in [-0.2, -0.15) is 0 Å². The molecule has 0 bridgehead atoms. The lowest BCUT2D eigenvalue weighted by Gasteiger charge is -2.14. The maximum absolute atomic E-state index is 13.2. The third kappa shape index (κ3) is 6.05. The van der Waals surface area contributed by atoms with Crippen LogP contribution in [0.25, 0.3) is 22.8 Å². The minimum atomic E-state index is -0.609. The summed E-state index contributed by atoms with van der Waals surface area (Å²) in [5.74, 6) is 0.447. The van der Waals surface area contributed by atoms with Crippen molar-refractivity contribution in [3.05, 3.63) is 77.9 Å². The maximum atomic E-state index is 13.2. The summed E-state index contributed by atoms with van der Waals surface area (Å²) in [6, 6.07) is 21.2. The van der Waals surface area contributed by atoms with Crippen LogP contribution in [-0.4, -0.2) is 45.9 Å². The van der Waals surface area contributed by atoms with Gasteiger partial charge in [0.15, 0.2) is 18.1 Å². The Hall–Kier alpha value is -4.26. The Balaban J connectivity index is 1.67. The number of rotatable bonds is 10. The third-order valence-electron chi connectivity index (χ3n) is 5.80. The molecule has 7 heteroatoms. The van der Waals surface area contributed by atoms with Crippen molar-refractivity contribution in [3.8, 4) is 28.4 Å². The van der Waals surface area contributed by atoms with E-state index in [2.05, 4.69) is 5.32 Å². The molecule has 1 fully saturated rings. The Morgan fingerprint density at radius 3 is 2.03 bits per heavy atom. The fourth-order valence-electron chi connectivity index (χ4n) is 3.79. The topological polar surface area (TPSA) is 83.1 Å². The molecule has 0 aromatic heterocycles. The number of nitrogens with one attached hydrogen (secondary N) is 1. The highest BCUT2D eigenvalue weighted by Crippen LogP contribution is 2.39. The van der Waals surface area contributed by atoms with Gasteiger partial charge >= 0.3 is 5.97 Å². The first kappa shape index (κ1) is 24.9. The van der Waals surface area contributed by atoms with Crippen LogP contribution in [0.15, 0.2) is 66.7 Å². The Bertz CT molecular complexity index is 1220. The van der Waals surface area contributed by atoms with Crippen LogP contribution in [0.4, 0.5) is 0 Å². The van der Waals surface area contributed by atoms with Gasteiger partial charge in [-0.1, -0.05) is 54.6 Å². The van der Waals surface area contributed by atoms with E-state index < -0.39 is 5.97 Å². The Morgan fingerprint density at radius 2 is 1.47 bits per heavy atom. The summed E-state index contributed by atoms with van der Waals surface area (Å²) in [5.41, 5.74) is 3.67. The zero-order chi connectivity index (χ0) is 25.5. The van der Waals surface area contributed by atoms with E-state index in [1.807, 2.05) is 54.6 Å². The second-order valence-electron chi connectivity index (χ2n) is 8.38. The molecule has 3 aromatic carbocycles. The van der Waals surface area contributed by atoms with E-state index in [0.717, 1.165) is 24.0 Å². The number of benzene rings is 3. The molecule has 1 N–H and O–H groups in total. The van der Waals surface area contributed by atoms with Gasteiger partial charge in [0.25, 0.3) is 5.91 Å². The summed E-state index contributed by atoms with van der Waals surface area (Å²) in [6.45, 7) is -0.343. The minimum absolute atomic E-state index is 0.191. The first-order valence-electron chi connectivity index (χ1n) is 11.7. The molecule has 3 aromatic rings.